The summed E-state index contributed by atoms with van der Waals surface area (Å²) in [7, 11) is 3.66. The summed E-state index contributed by atoms with van der Waals surface area (Å²) in [6.07, 6.45) is 1.73. The zero-order valence-corrected chi connectivity index (χ0v) is 10.5. The average Bonchev–Trinajstić information content (AvgIpc) is 2.16. The molecule has 0 aliphatic carbocycles. The Balaban J connectivity index is 3.10. The van der Waals surface area contributed by atoms with Crippen LogP contribution < -0.4 is 9.64 Å². The molecule has 4 heteroatoms. The number of rotatable bonds is 3. The summed E-state index contributed by atoms with van der Waals surface area (Å²) in [5.41, 5.74) is 0.997. The molecule has 1 aromatic heterocycles. The molecule has 0 saturated heterocycles. The summed E-state index contributed by atoms with van der Waals surface area (Å²) in [5, 5.41) is 0. The van der Waals surface area contributed by atoms with E-state index in [0.717, 1.165) is 10.2 Å². The van der Waals surface area contributed by atoms with Crippen LogP contribution in [0.4, 0.5) is 5.69 Å². The third-order valence-electron chi connectivity index (χ3n) is 2.15. The molecule has 0 atom stereocenters. The Morgan fingerprint density at radius 1 is 1.50 bits per heavy atom. The SMILES string of the molecule is COc1ncc(Br)cc1N(C)C(C)C. The van der Waals surface area contributed by atoms with Crippen molar-refractivity contribution in [1.29, 1.82) is 0 Å². The molecule has 0 N–H and O–H groups in total. The van der Waals surface area contributed by atoms with E-state index in [-0.39, 0.29) is 0 Å². The van der Waals surface area contributed by atoms with Gasteiger partial charge in [-0.2, -0.15) is 0 Å². The zero-order valence-electron chi connectivity index (χ0n) is 8.91. The molecule has 1 aromatic rings. The molecule has 0 aliphatic heterocycles. The molecule has 3 nitrogen and oxygen atoms in total. The number of hydrogen-bond acceptors (Lipinski definition) is 3. The lowest BCUT2D eigenvalue weighted by atomic mass is 10.3. The lowest BCUT2D eigenvalue weighted by molar-refractivity contribution is 0.397. The quantitative estimate of drug-likeness (QED) is 0.834. The Morgan fingerprint density at radius 3 is 2.64 bits per heavy atom. The van der Waals surface area contributed by atoms with Crippen LogP contribution in [0, 0.1) is 0 Å². The fourth-order valence-corrected chi connectivity index (χ4v) is 1.42. The van der Waals surface area contributed by atoms with Gasteiger partial charge in [0.25, 0.3) is 0 Å². The Morgan fingerprint density at radius 2 is 2.14 bits per heavy atom. The maximum absolute atomic E-state index is 5.20. The van der Waals surface area contributed by atoms with Crippen molar-refractivity contribution in [2.24, 2.45) is 0 Å². The third kappa shape index (κ3) is 2.38. The van der Waals surface area contributed by atoms with Gasteiger partial charge in [-0.3, -0.25) is 0 Å². The van der Waals surface area contributed by atoms with Crippen LogP contribution in [-0.4, -0.2) is 25.2 Å². The first-order valence-electron chi connectivity index (χ1n) is 4.48. The van der Waals surface area contributed by atoms with Crippen LogP contribution in [0.3, 0.4) is 0 Å². The molecular formula is C10H15BrN2O. The van der Waals surface area contributed by atoms with Crippen LogP contribution in [0.5, 0.6) is 5.88 Å². The van der Waals surface area contributed by atoms with Gasteiger partial charge in [0, 0.05) is 23.8 Å². The maximum Gasteiger partial charge on any atom is 0.237 e. The van der Waals surface area contributed by atoms with E-state index in [1.54, 1.807) is 13.3 Å². The van der Waals surface area contributed by atoms with Crippen LogP contribution in [0.1, 0.15) is 13.8 Å². The fraction of sp³-hybridized carbons (Fsp3) is 0.500. The van der Waals surface area contributed by atoms with E-state index in [9.17, 15) is 0 Å². The van der Waals surface area contributed by atoms with Crippen LogP contribution in [0.25, 0.3) is 0 Å². The summed E-state index contributed by atoms with van der Waals surface area (Å²) < 4.78 is 6.16. The van der Waals surface area contributed by atoms with E-state index in [4.69, 9.17) is 4.74 Å². The number of aromatic nitrogens is 1. The highest BCUT2D eigenvalue weighted by Gasteiger charge is 2.12. The van der Waals surface area contributed by atoms with Gasteiger partial charge in [-0.05, 0) is 35.8 Å². The molecule has 0 fully saturated rings. The number of hydrogen-bond donors (Lipinski definition) is 0. The monoisotopic (exact) mass is 258 g/mol. The standard InChI is InChI=1S/C10H15BrN2O/c1-7(2)13(3)9-5-8(11)6-12-10(9)14-4/h5-7H,1-4H3. The predicted octanol–water partition coefficient (Wildman–Crippen LogP) is 2.70. The highest BCUT2D eigenvalue weighted by molar-refractivity contribution is 9.10. The van der Waals surface area contributed by atoms with Gasteiger partial charge in [-0.25, -0.2) is 4.98 Å². The van der Waals surface area contributed by atoms with Crippen molar-refractivity contribution in [1.82, 2.24) is 4.98 Å². The van der Waals surface area contributed by atoms with Gasteiger partial charge < -0.3 is 9.64 Å². The smallest absolute Gasteiger partial charge is 0.237 e. The van der Waals surface area contributed by atoms with Gasteiger partial charge in [0.2, 0.25) is 5.88 Å². The van der Waals surface area contributed by atoms with Crippen molar-refractivity contribution >= 4 is 21.6 Å². The molecular weight excluding hydrogens is 244 g/mol. The van der Waals surface area contributed by atoms with E-state index in [1.807, 2.05) is 13.1 Å². The summed E-state index contributed by atoms with van der Waals surface area (Å²) in [6.45, 7) is 4.25. The minimum atomic E-state index is 0.417. The minimum absolute atomic E-state index is 0.417. The molecule has 0 bridgehead atoms. The number of anilines is 1. The number of nitrogens with zero attached hydrogens (tertiary/aromatic N) is 2. The van der Waals surface area contributed by atoms with E-state index in [1.165, 1.54) is 0 Å². The second-order valence-corrected chi connectivity index (χ2v) is 4.30. The van der Waals surface area contributed by atoms with Crippen LogP contribution in [-0.2, 0) is 0 Å². The Hall–Kier alpha value is -0.770. The molecule has 14 heavy (non-hydrogen) atoms. The average molecular weight is 259 g/mol. The van der Waals surface area contributed by atoms with Crippen LogP contribution in [0.2, 0.25) is 0 Å². The number of methoxy groups -OCH3 is 1. The third-order valence-corrected chi connectivity index (χ3v) is 2.58. The van der Waals surface area contributed by atoms with E-state index in [0.29, 0.717) is 11.9 Å². The molecule has 0 saturated carbocycles. The Labute approximate surface area is 93.2 Å². The molecule has 1 rings (SSSR count). The first-order valence-corrected chi connectivity index (χ1v) is 5.28. The van der Waals surface area contributed by atoms with Gasteiger partial charge >= 0.3 is 0 Å². The molecule has 1 heterocycles. The van der Waals surface area contributed by atoms with Gasteiger partial charge in [0.05, 0.1) is 7.11 Å². The molecule has 0 aliphatic rings. The first-order chi connectivity index (χ1) is 6.56. The summed E-state index contributed by atoms with van der Waals surface area (Å²) in [5.74, 6) is 0.657. The second-order valence-electron chi connectivity index (χ2n) is 3.39. The molecule has 0 radical (unpaired) electrons. The van der Waals surface area contributed by atoms with Crippen molar-refractivity contribution in [2.75, 3.05) is 19.1 Å². The van der Waals surface area contributed by atoms with Gasteiger partial charge in [-0.15, -0.1) is 0 Å². The van der Waals surface area contributed by atoms with Gasteiger partial charge in [0.15, 0.2) is 0 Å². The minimum Gasteiger partial charge on any atom is -0.480 e. The van der Waals surface area contributed by atoms with Crippen molar-refractivity contribution in [2.45, 2.75) is 19.9 Å². The van der Waals surface area contributed by atoms with Crippen molar-refractivity contribution in [3.63, 3.8) is 0 Å². The van der Waals surface area contributed by atoms with Crippen LogP contribution >= 0.6 is 15.9 Å². The maximum atomic E-state index is 5.20. The van der Waals surface area contributed by atoms with Crippen molar-refractivity contribution < 1.29 is 4.74 Å². The highest BCUT2D eigenvalue weighted by atomic mass is 79.9. The molecule has 0 unspecified atom stereocenters. The topological polar surface area (TPSA) is 25.4 Å². The zero-order chi connectivity index (χ0) is 10.7. The predicted molar refractivity (Wildman–Crippen MR) is 62.0 cm³/mol. The van der Waals surface area contributed by atoms with Crippen molar-refractivity contribution in [3.8, 4) is 5.88 Å². The number of ether oxygens (including phenoxy) is 1. The Bertz CT molecular complexity index is 315. The molecule has 0 aromatic carbocycles. The van der Waals surface area contributed by atoms with Crippen LogP contribution in [0.15, 0.2) is 16.7 Å². The molecule has 0 amide bonds. The molecule has 78 valence electrons. The van der Waals surface area contributed by atoms with E-state index < -0.39 is 0 Å². The first kappa shape index (κ1) is 11.3. The second kappa shape index (κ2) is 4.64. The summed E-state index contributed by atoms with van der Waals surface area (Å²) in [6, 6.07) is 2.42. The lowest BCUT2D eigenvalue weighted by Crippen LogP contribution is -2.26. The Kier molecular flexibility index (Phi) is 3.75. The van der Waals surface area contributed by atoms with E-state index >= 15 is 0 Å². The van der Waals surface area contributed by atoms with Gasteiger partial charge in [-0.1, -0.05) is 0 Å². The number of halogens is 1. The molecule has 0 spiro atoms. The summed E-state index contributed by atoms with van der Waals surface area (Å²) in [4.78, 5) is 6.31. The normalized spacial score (nSPS) is 10.4. The van der Waals surface area contributed by atoms with Crippen molar-refractivity contribution in [3.05, 3.63) is 16.7 Å². The van der Waals surface area contributed by atoms with Gasteiger partial charge in [0.1, 0.15) is 5.69 Å². The lowest BCUT2D eigenvalue weighted by Gasteiger charge is -2.24. The highest BCUT2D eigenvalue weighted by Crippen LogP contribution is 2.28. The van der Waals surface area contributed by atoms with E-state index in [2.05, 4.69) is 39.7 Å². The number of pyridine rings is 1. The largest absolute Gasteiger partial charge is 0.480 e. The summed E-state index contributed by atoms with van der Waals surface area (Å²) >= 11 is 3.40. The fourth-order valence-electron chi connectivity index (χ4n) is 1.10.